The molecule has 3 rings (SSSR count). The number of anilines is 1. The van der Waals surface area contributed by atoms with E-state index in [2.05, 4.69) is 5.32 Å². The normalized spacial score (nSPS) is 13.0. The average Bonchev–Trinajstić information content (AvgIpc) is 2.95. The van der Waals surface area contributed by atoms with E-state index in [0.29, 0.717) is 17.7 Å². The van der Waals surface area contributed by atoms with E-state index in [9.17, 15) is 22.4 Å². The number of benzene rings is 3. The van der Waals surface area contributed by atoms with Crippen LogP contribution in [-0.2, 0) is 26.2 Å². The summed E-state index contributed by atoms with van der Waals surface area (Å²) < 4.78 is 42.3. The first kappa shape index (κ1) is 30.8. The first-order chi connectivity index (χ1) is 18.9. The number of rotatable bonds is 12. The number of amides is 2. The van der Waals surface area contributed by atoms with Gasteiger partial charge in [0, 0.05) is 12.6 Å². The van der Waals surface area contributed by atoms with Crippen molar-refractivity contribution in [1.82, 2.24) is 10.2 Å². The molecule has 0 aromatic heterocycles. The van der Waals surface area contributed by atoms with Crippen molar-refractivity contribution in [3.63, 3.8) is 0 Å². The summed E-state index contributed by atoms with van der Waals surface area (Å²) in [6.07, 6.45) is 0.708. The predicted molar refractivity (Wildman–Crippen MR) is 156 cm³/mol. The molecule has 0 saturated carbocycles. The quantitative estimate of drug-likeness (QED) is 0.314. The van der Waals surface area contributed by atoms with Gasteiger partial charge in [0.15, 0.2) is 0 Å². The summed E-state index contributed by atoms with van der Waals surface area (Å²) in [4.78, 5) is 28.4. The van der Waals surface area contributed by atoms with E-state index in [-0.39, 0.29) is 29.3 Å². The van der Waals surface area contributed by atoms with Crippen LogP contribution in [-0.4, -0.2) is 43.8 Å². The highest BCUT2D eigenvalue weighted by atomic mass is 32.2. The topological polar surface area (TPSA) is 86.8 Å². The van der Waals surface area contributed by atoms with Crippen LogP contribution in [0.4, 0.5) is 10.1 Å². The van der Waals surface area contributed by atoms with Gasteiger partial charge in [-0.1, -0.05) is 63.2 Å². The number of hydrogen-bond donors (Lipinski definition) is 1. The zero-order valence-corrected chi connectivity index (χ0v) is 24.5. The van der Waals surface area contributed by atoms with E-state index in [1.165, 1.54) is 41.3 Å². The Kier molecular flexibility index (Phi) is 10.5. The molecule has 0 aliphatic heterocycles. The highest BCUT2D eigenvalue weighted by molar-refractivity contribution is 7.92. The van der Waals surface area contributed by atoms with Gasteiger partial charge in [0.2, 0.25) is 11.8 Å². The monoisotopic (exact) mass is 567 g/mol. The molecule has 0 aliphatic carbocycles. The minimum absolute atomic E-state index is 0.000280. The summed E-state index contributed by atoms with van der Waals surface area (Å²) >= 11 is 0. The molecular weight excluding hydrogens is 529 g/mol. The predicted octanol–water partition coefficient (Wildman–Crippen LogP) is 5.48. The van der Waals surface area contributed by atoms with Crippen LogP contribution in [0.2, 0.25) is 0 Å². The average molecular weight is 568 g/mol. The molecule has 0 fully saturated rings. The molecule has 2 amide bonds. The number of halogens is 1. The molecule has 1 N–H and O–H groups in total. The summed E-state index contributed by atoms with van der Waals surface area (Å²) in [5.41, 5.74) is 1.97. The standard InChI is InChI=1S/C31H38FN3O4S/c1-6-23(4)33-31(37)24(5)34(20-25-12-16-27(32)17-13-25)30(36)21-35(28-18-14-26(15-19-28)22(2)3)40(38,39)29-10-8-7-9-11-29/h7-19,22-24H,6,20-21H2,1-5H3,(H,33,37)/t23-,24-/m1/s1. The molecule has 7 nitrogen and oxygen atoms in total. The van der Waals surface area contributed by atoms with E-state index < -0.39 is 34.3 Å². The molecule has 214 valence electrons. The van der Waals surface area contributed by atoms with Gasteiger partial charge >= 0.3 is 0 Å². The Morgan fingerprint density at radius 2 is 1.48 bits per heavy atom. The van der Waals surface area contributed by atoms with Gasteiger partial charge in [0.05, 0.1) is 10.6 Å². The third-order valence-electron chi connectivity index (χ3n) is 6.89. The first-order valence-electron chi connectivity index (χ1n) is 13.5. The Labute approximate surface area is 237 Å². The van der Waals surface area contributed by atoms with Crippen molar-refractivity contribution in [3.8, 4) is 0 Å². The molecule has 0 spiro atoms. The van der Waals surface area contributed by atoms with Crippen molar-refractivity contribution in [2.45, 2.75) is 70.5 Å². The van der Waals surface area contributed by atoms with E-state index in [1.54, 1.807) is 37.3 Å². The Hall–Kier alpha value is -3.72. The van der Waals surface area contributed by atoms with Gasteiger partial charge in [-0.25, -0.2) is 12.8 Å². The summed E-state index contributed by atoms with van der Waals surface area (Å²) in [6.45, 7) is 8.96. The van der Waals surface area contributed by atoms with Crippen LogP contribution >= 0.6 is 0 Å². The maximum absolute atomic E-state index is 13.9. The van der Waals surface area contributed by atoms with Crippen molar-refractivity contribution in [2.75, 3.05) is 10.8 Å². The summed E-state index contributed by atoms with van der Waals surface area (Å²) in [7, 11) is -4.13. The zero-order chi connectivity index (χ0) is 29.4. The first-order valence-corrected chi connectivity index (χ1v) is 14.9. The molecule has 2 atom stereocenters. The maximum atomic E-state index is 13.9. The van der Waals surface area contributed by atoms with Crippen LogP contribution in [0.25, 0.3) is 0 Å². The van der Waals surface area contributed by atoms with Crippen LogP contribution in [0, 0.1) is 5.82 Å². The third-order valence-corrected chi connectivity index (χ3v) is 8.68. The van der Waals surface area contributed by atoms with Crippen LogP contribution < -0.4 is 9.62 Å². The largest absolute Gasteiger partial charge is 0.352 e. The van der Waals surface area contributed by atoms with Gasteiger partial charge in [-0.05, 0) is 73.7 Å². The number of carbonyl (C=O) groups is 2. The van der Waals surface area contributed by atoms with Crippen LogP contribution in [0.1, 0.15) is 58.1 Å². The smallest absolute Gasteiger partial charge is 0.264 e. The highest BCUT2D eigenvalue weighted by Crippen LogP contribution is 2.26. The maximum Gasteiger partial charge on any atom is 0.264 e. The second-order valence-electron chi connectivity index (χ2n) is 10.2. The summed E-state index contributed by atoms with van der Waals surface area (Å²) in [5.74, 6) is -1.10. The Balaban J connectivity index is 2.02. The van der Waals surface area contributed by atoms with Gasteiger partial charge in [-0.2, -0.15) is 0 Å². The molecule has 0 unspecified atom stereocenters. The van der Waals surface area contributed by atoms with E-state index in [0.717, 1.165) is 9.87 Å². The lowest BCUT2D eigenvalue weighted by atomic mass is 10.0. The molecule has 0 aliphatic rings. The molecule has 0 bridgehead atoms. The number of nitrogens with one attached hydrogen (secondary N) is 1. The van der Waals surface area contributed by atoms with Crippen molar-refractivity contribution in [1.29, 1.82) is 0 Å². The Bertz CT molecular complexity index is 1380. The molecule has 0 saturated heterocycles. The molecule has 0 heterocycles. The number of carbonyl (C=O) groups excluding carboxylic acids is 2. The van der Waals surface area contributed by atoms with Gasteiger partial charge in [0.1, 0.15) is 18.4 Å². The van der Waals surface area contributed by atoms with E-state index in [1.807, 2.05) is 39.8 Å². The van der Waals surface area contributed by atoms with E-state index >= 15 is 0 Å². The zero-order valence-electron chi connectivity index (χ0n) is 23.7. The summed E-state index contributed by atoms with van der Waals surface area (Å²) in [5, 5.41) is 2.89. The molecule has 9 heteroatoms. The van der Waals surface area contributed by atoms with Crippen LogP contribution in [0.15, 0.2) is 83.8 Å². The fraction of sp³-hybridized carbons (Fsp3) is 0.355. The van der Waals surface area contributed by atoms with Gasteiger partial charge in [0.25, 0.3) is 10.0 Å². The minimum Gasteiger partial charge on any atom is -0.352 e. The molecule has 0 radical (unpaired) electrons. The second-order valence-corrected chi connectivity index (χ2v) is 12.1. The van der Waals surface area contributed by atoms with Crippen LogP contribution in [0.5, 0.6) is 0 Å². The SMILES string of the molecule is CC[C@@H](C)NC(=O)[C@@H](C)N(Cc1ccc(F)cc1)C(=O)CN(c1ccc(C(C)C)cc1)S(=O)(=O)c1ccccc1. The summed E-state index contributed by atoms with van der Waals surface area (Å²) in [6, 6.07) is 19.6. The lowest BCUT2D eigenvalue weighted by Gasteiger charge is -2.32. The molecule has 40 heavy (non-hydrogen) atoms. The van der Waals surface area contributed by atoms with Crippen molar-refractivity contribution < 1.29 is 22.4 Å². The number of nitrogens with zero attached hydrogens (tertiary/aromatic N) is 2. The lowest BCUT2D eigenvalue weighted by molar-refractivity contribution is -0.139. The van der Waals surface area contributed by atoms with Gasteiger partial charge < -0.3 is 10.2 Å². The fourth-order valence-corrected chi connectivity index (χ4v) is 5.54. The highest BCUT2D eigenvalue weighted by Gasteiger charge is 2.32. The van der Waals surface area contributed by atoms with Gasteiger partial charge in [-0.15, -0.1) is 0 Å². The van der Waals surface area contributed by atoms with E-state index in [4.69, 9.17) is 0 Å². The van der Waals surface area contributed by atoms with Crippen LogP contribution in [0.3, 0.4) is 0 Å². The Morgan fingerprint density at radius 3 is 2.02 bits per heavy atom. The molecule has 3 aromatic carbocycles. The van der Waals surface area contributed by atoms with Crippen molar-refractivity contribution in [3.05, 3.63) is 95.8 Å². The van der Waals surface area contributed by atoms with Crippen molar-refractivity contribution in [2.24, 2.45) is 0 Å². The third kappa shape index (κ3) is 7.69. The minimum atomic E-state index is -4.13. The van der Waals surface area contributed by atoms with Crippen molar-refractivity contribution >= 4 is 27.5 Å². The Morgan fingerprint density at radius 1 is 0.875 bits per heavy atom. The molecule has 3 aromatic rings. The fourth-order valence-electron chi connectivity index (χ4n) is 4.11. The lowest BCUT2D eigenvalue weighted by Crippen LogP contribution is -2.52. The second kappa shape index (κ2) is 13.6. The van der Waals surface area contributed by atoms with Gasteiger partial charge in [-0.3, -0.25) is 13.9 Å². The molecular formula is C31H38FN3O4S. The number of hydrogen-bond acceptors (Lipinski definition) is 4. The number of sulfonamides is 1.